The molecule has 2 heterocycles. The Morgan fingerprint density at radius 2 is 2.44 bits per heavy atom. The molecule has 0 spiro atoms. The minimum atomic E-state index is 0.114. The van der Waals surface area contributed by atoms with E-state index >= 15 is 0 Å². The monoisotopic (exact) mass is 219 g/mol. The van der Waals surface area contributed by atoms with Crippen molar-refractivity contribution in [3.8, 4) is 0 Å². The molecule has 0 aromatic carbocycles. The van der Waals surface area contributed by atoms with Gasteiger partial charge >= 0.3 is 0 Å². The molecule has 86 valence electrons. The molecular weight excluding hydrogens is 202 g/mol. The van der Waals surface area contributed by atoms with Gasteiger partial charge in [-0.15, -0.1) is 0 Å². The van der Waals surface area contributed by atoms with Gasteiger partial charge in [0.25, 0.3) is 5.91 Å². The molecule has 1 atom stereocenters. The first-order valence-corrected chi connectivity index (χ1v) is 5.60. The van der Waals surface area contributed by atoms with Crippen molar-refractivity contribution >= 4 is 5.91 Å². The molecule has 1 fully saturated rings. The SMILES string of the molecule is CNC1CCN(C(=O)c2ccnc(C)c2)C1. The highest BCUT2D eigenvalue weighted by Gasteiger charge is 2.25. The molecule has 1 unspecified atom stereocenters. The summed E-state index contributed by atoms with van der Waals surface area (Å²) < 4.78 is 0. The average Bonchev–Trinajstić information content (AvgIpc) is 2.76. The molecule has 1 aliphatic heterocycles. The quantitative estimate of drug-likeness (QED) is 0.801. The van der Waals surface area contributed by atoms with Gasteiger partial charge in [0.05, 0.1) is 0 Å². The standard InChI is InChI=1S/C12H17N3O/c1-9-7-10(3-5-14-9)12(16)15-6-4-11(8-15)13-2/h3,5,7,11,13H,4,6,8H2,1-2H3. The Bertz CT molecular complexity index is 392. The number of hydrogen-bond donors (Lipinski definition) is 1. The van der Waals surface area contributed by atoms with Crippen LogP contribution >= 0.6 is 0 Å². The second-order valence-corrected chi connectivity index (χ2v) is 4.21. The lowest BCUT2D eigenvalue weighted by molar-refractivity contribution is 0.0789. The maximum atomic E-state index is 12.1. The van der Waals surface area contributed by atoms with E-state index in [1.807, 2.05) is 24.9 Å². The van der Waals surface area contributed by atoms with Crippen LogP contribution in [-0.2, 0) is 0 Å². The van der Waals surface area contributed by atoms with E-state index in [2.05, 4.69) is 10.3 Å². The van der Waals surface area contributed by atoms with Crippen LogP contribution in [0.2, 0.25) is 0 Å². The topological polar surface area (TPSA) is 45.2 Å². The summed E-state index contributed by atoms with van der Waals surface area (Å²) in [5.41, 5.74) is 1.62. The van der Waals surface area contributed by atoms with Gasteiger partial charge < -0.3 is 10.2 Å². The van der Waals surface area contributed by atoms with Gasteiger partial charge in [-0.3, -0.25) is 9.78 Å². The van der Waals surface area contributed by atoms with E-state index in [9.17, 15) is 4.79 Å². The van der Waals surface area contributed by atoms with E-state index < -0.39 is 0 Å². The van der Waals surface area contributed by atoms with Gasteiger partial charge in [0.1, 0.15) is 0 Å². The molecular formula is C12H17N3O. The lowest BCUT2D eigenvalue weighted by Gasteiger charge is -2.16. The molecule has 0 saturated carbocycles. The van der Waals surface area contributed by atoms with Crippen molar-refractivity contribution in [1.29, 1.82) is 0 Å². The third-order valence-corrected chi connectivity index (χ3v) is 3.03. The average molecular weight is 219 g/mol. The Morgan fingerprint density at radius 3 is 3.06 bits per heavy atom. The first-order chi connectivity index (χ1) is 7.70. The van der Waals surface area contributed by atoms with Gasteiger partial charge in [-0.1, -0.05) is 0 Å². The molecule has 0 bridgehead atoms. The number of hydrogen-bond acceptors (Lipinski definition) is 3. The summed E-state index contributed by atoms with van der Waals surface area (Å²) in [7, 11) is 1.94. The number of aromatic nitrogens is 1. The number of likely N-dealkylation sites (tertiary alicyclic amines) is 1. The van der Waals surface area contributed by atoms with Crippen molar-refractivity contribution in [2.24, 2.45) is 0 Å². The number of pyridine rings is 1. The predicted molar refractivity (Wildman–Crippen MR) is 62.3 cm³/mol. The van der Waals surface area contributed by atoms with Crippen molar-refractivity contribution in [2.45, 2.75) is 19.4 Å². The van der Waals surface area contributed by atoms with Crippen molar-refractivity contribution in [3.05, 3.63) is 29.6 Å². The number of nitrogens with one attached hydrogen (secondary N) is 1. The molecule has 4 nitrogen and oxygen atoms in total. The maximum Gasteiger partial charge on any atom is 0.254 e. The van der Waals surface area contributed by atoms with Crippen LogP contribution < -0.4 is 5.32 Å². The van der Waals surface area contributed by atoms with Crippen LogP contribution in [0.5, 0.6) is 0 Å². The van der Waals surface area contributed by atoms with Crippen LogP contribution in [0, 0.1) is 6.92 Å². The van der Waals surface area contributed by atoms with Crippen LogP contribution in [0.3, 0.4) is 0 Å². The molecule has 0 aliphatic carbocycles. The van der Waals surface area contributed by atoms with Crippen LogP contribution in [-0.4, -0.2) is 42.0 Å². The van der Waals surface area contributed by atoms with Gasteiger partial charge in [-0.2, -0.15) is 0 Å². The van der Waals surface area contributed by atoms with Crippen LogP contribution in [0.15, 0.2) is 18.3 Å². The zero-order chi connectivity index (χ0) is 11.5. The minimum Gasteiger partial charge on any atom is -0.337 e. The van der Waals surface area contributed by atoms with Gasteiger partial charge in [-0.25, -0.2) is 0 Å². The number of aryl methyl sites for hydroxylation is 1. The summed E-state index contributed by atoms with van der Waals surface area (Å²) >= 11 is 0. The molecule has 1 aromatic rings. The molecule has 1 aromatic heterocycles. The molecule has 1 N–H and O–H groups in total. The summed E-state index contributed by atoms with van der Waals surface area (Å²) in [6, 6.07) is 4.06. The highest BCUT2D eigenvalue weighted by atomic mass is 16.2. The zero-order valence-corrected chi connectivity index (χ0v) is 9.73. The number of likely N-dealkylation sites (N-methyl/N-ethyl adjacent to an activating group) is 1. The van der Waals surface area contributed by atoms with Crippen LogP contribution in [0.4, 0.5) is 0 Å². The zero-order valence-electron chi connectivity index (χ0n) is 9.73. The van der Waals surface area contributed by atoms with E-state index in [4.69, 9.17) is 0 Å². The van der Waals surface area contributed by atoms with E-state index in [-0.39, 0.29) is 5.91 Å². The summed E-state index contributed by atoms with van der Waals surface area (Å²) in [4.78, 5) is 18.1. The van der Waals surface area contributed by atoms with E-state index in [0.717, 1.165) is 30.8 Å². The molecule has 1 amide bonds. The largest absolute Gasteiger partial charge is 0.337 e. The Kier molecular flexibility index (Phi) is 3.19. The highest BCUT2D eigenvalue weighted by molar-refractivity contribution is 5.94. The van der Waals surface area contributed by atoms with Crippen molar-refractivity contribution < 1.29 is 4.79 Å². The summed E-state index contributed by atoms with van der Waals surface area (Å²) in [5.74, 6) is 0.114. The fourth-order valence-electron chi connectivity index (χ4n) is 2.04. The van der Waals surface area contributed by atoms with Gasteiger partial charge in [0, 0.05) is 36.6 Å². The van der Waals surface area contributed by atoms with Crippen LogP contribution in [0.25, 0.3) is 0 Å². The second-order valence-electron chi connectivity index (χ2n) is 4.21. The molecule has 16 heavy (non-hydrogen) atoms. The third kappa shape index (κ3) is 2.22. The van der Waals surface area contributed by atoms with Crippen molar-refractivity contribution in [1.82, 2.24) is 15.2 Å². The Balaban J connectivity index is 2.08. The first kappa shape index (κ1) is 11.1. The number of amides is 1. The van der Waals surface area contributed by atoms with E-state index in [1.165, 1.54) is 0 Å². The first-order valence-electron chi connectivity index (χ1n) is 5.60. The number of carbonyl (C=O) groups is 1. The van der Waals surface area contributed by atoms with Crippen LogP contribution in [0.1, 0.15) is 22.5 Å². The second kappa shape index (κ2) is 4.61. The minimum absolute atomic E-state index is 0.114. The third-order valence-electron chi connectivity index (χ3n) is 3.03. The normalized spacial score (nSPS) is 20.1. The lowest BCUT2D eigenvalue weighted by atomic mass is 10.2. The van der Waals surface area contributed by atoms with Crippen molar-refractivity contribution in [3.63, 3.8) is 0 Å². The number of rotatable bonds is 2. The van der Waals surface area contributed by atoms with Gasteiger partial charge in [-0.05, 0) is 32.5 Å². The number of carbonyl (C=O) groups excluding carboxylic acids is 1. The summed E-state index contributed by atoms with van der Waals surface area (Å²) in [6.07, 6.45) is 2.72. The Labute approximate surface area is 95.7 Å². The molecule has 4 heteroatoms. The van der Waals surface area contributed by atoms with E-state index in [0.29, 0.717) is 6.04 Å². The van der Waals surface area contributed by atoms with Gasteiger partial charge in [0.2, 0.25) is 0 Å². The number of nitrogens with zero attached hydrogens (tertiary/aromatic N) is 2. The predicted octanol–water partition coefficient (Wildman–Crippen LogP) is 0.824. The smallest absolute Gasteiger partial charge is 0.254 e. The fraction of sp³-hybridized carbons (Fsp3) is 0.500. The Hall–Kier alpha value is -1.42. The van der Waals surface area contributed by atoms with E-state index in [1.54, 1.807) is 12.3 Å². The highest BCUT2D eigenvalue weighted by Crippen LogP contribution is 2.13. The molecule has 1 saturated heterocycles. The fourth-order valence-corrected chi connectivity index (χ4v) is 2.04. The lowest BCUT2D eigenvalue weighted by Crippen LogP contribution is -2.33. The summed E-state index contributed by atoms with van der Waals surface area (Å²) in [6.45, 7) is 3.54. The van der Waals surface area contributed by atoms with Crippen molar-refractivity contribution in [2.75, 3.05) is 20.1 Å². The molecule has 0 radical (unpaired) electrons. The maximum absolute atomic E-state index is 12.1. The Morgan fingerprint density at radius 1 is 1.62 bits per heavy atom. The molecule has 1 aliphatic rings. The van der Waals surface area contributed by atoms with Gasteiger partial charge in [0.15, 0.2) is 0 Å². The molecule has 2 rings (SSSR count). The summed E-state index contributed by atoms with van der Waals surface area (Å²) in [5, 5.41) is 3.21.